The van der Waals surface area contributed by atoms with Crippen LogP contribution in [-0.4, -0.2) is 15.6 Å². The summed E-state index contributed by atoms with van der Waals surface area (Å²) in [5.41, 5.74) is 11.0. The molecule has 5 aromatic rings. The second kappa shape index (κ2) is 10.7. The monoisotopic (exact) mass is 553 g/mol. The normalized spacial score (nSPS) is 16.2. The number of para-hydroxylation sites is 2. The lowest BCUT2D eigenvalue weighted by Gasteiger charge is -2.46. The van der Waals surface area contributed by atoms with E-state index in [2.05, 4.69) is 183 Å². The summed E-state index contributed by atoms with van der Waals surface area (Å²) in [7, 11) is 2.15. The number of imidazole rings is 1. The summed E-state index contributed by atoms with van der Waals surface area (Å²) >= 11 is 0. The molecule has 0 fully saturated rings. The molecule has 0 radical (unpaired) electrons. The van der Waals surface area contributed by atoms with Crippen molar-refractivity contribution in [3.05, 3.63) is 149 Å². The van der Waals surface area contributed by atoms with E-state index in [9.17, 15) is 0 Å². The summed E-state index contributed by atoms with van der Waals surface area (Å²) in [6, 6.07) is 32.9. The number of aromatic nitrogens is 2. The summed E-state index contributed by atoms with van der Waals surface area (Å²) in [4.78, 5) is 4.89. The van der Waals surface area contributed by atoms with E-state index in [1.54, 1.807) is 0 Å². The topological polar surface area (TPSA) is 15.3 Å². The Bertz CT molecular complexity index is 1760. The highest BCUT2D eigenvalue weighted by Gasteiger charge is 2.43. The van der Waals surface area contributed by atoms with Gasteiger partial charge in [0, 0.05) is 18.1 Å². The fraction of sp³-hybridized carbons (Fsp3) is 0.237. The summed E-state index contributed by atoms with van der Waals surface area (Å²) in [5, 5.41) is 0. The molecule has 0 saturated heterocycles. The van der Waals surface area contributed by atoms with Crippen LogP contribution in [-0.2, 0) is 12.6 Å². The standard InChI is InChI=1S/C38H41N4/c1-27-15-11-12-21-34(27)38(6,42-26-25-40(31(42)5)32-18-9-8-10-19-32)35-22-14-20-33(30(35)4)37-39(7)23-24-41(37)36-28(2)16-13-17-29(36)3/h8-26,31H,1-7H3/q+1/t31-,38?/m0/s1. The first-order chi connectivity index (χ1) is 20.2. The largest absolute Gasteiger partial charge is 0.342 e. The maximum Gasteiger partial charge on any atom is 0.294 e. The molecule has 2 heterocycles. The number of aryl methyl sites for hydroxylation is 4. The number of rotatable bonds is 6. The van der Waals surface area contributed by atoms with Gasteiger partial charge in [0.05, 0.1) is 18.2 Å². The van der Waals surface area contributed by atoms with Crippen molar-refractivity contribution in [2.45, 2.75) is 53.2 Å². The first-order valence-electron chi connectivity index (χ1n) is 14.8. The Balaban J connectivity index is 1.55. The Kier molecular flexibility index (Phi) is 7.02. The molecule has 0 bridgehead atoms. The molecular weight excluding hydrogens is 512 g/mol. The van der Waals surface area contributed by atoms with Crippen molar-refractivity contribution >= 4 is 5.69 Å². The zero-order valence-corrected chi connectivity index (χ0v) is 25.8. The van der Waals surface area contributed by atoms with Crippen LogP contribution in [0.5, 0.6) is 0 Å². The maximum atomic E-state index is 2.53. The van der Waals surface area contributed by atoms with Crippen LogP contribution >= 0.6 is 0 Å². The van der Waals surface area contributed by atoms with Crippen LogP contribution in [0.1, 0.15) is 47.2 Å². The molecule has 6 rings (SSSR count). The van der Waals surface area contributed by atoms with Gasteiger partial charge in [-0.05, 0) is 93.1 Å². The Labute approximate surface area is 250 Å². The lowest BCUT2D eigenvalue weighted by Crippen LogP contribution is -2.49. The molecule has 0 amide bonds. The fourth-order valence-electron chi connectivity index (χ4n) is 7.06. The Morgan fingerprint density at radius 2 is 1.31 bits per heavy atom. The second-order valence-electron chi connectivity index (χ2n) is 11.8. The van der Waals surface area contributed by atoms with Gasteiger partial charge in [-0.15, -0.1) is 0 Å². The molecule has 1 aliphatic heterocycles. The van der Waals surface area contributed by atoms with Crippen molar-refractivity contribution in [3.8, 4) is 17.1 Å². The minimum Gasteiger partial charge on any atom is -0.342 e. The van der Waals surface area contributed by atoms with Crippen molar-refractivity contribution in [2.24, 2.45) is 7.05 Å². The number of nitrogens with zero attached hydrogens (tertiary/aromatic N) is 4. The van der Waals surface area contributed by atoms with Gasteiger partial charge in [-0.1, -0.05) is 72.8 Å². The molecular formula is C38H41N4+. The van der Waals surface area contributed by atoms with Crippen LogP contribution < -0.4 is 9.47 Å². The zero-order chi connectivity index (χ0) is 29.6. The predicted molar refractivity (Wildman–Crippen MR) is 174 cm³/mol. The minimum absolute atomic E-state index is 0.120. The van der Waals surface area contributed by atoms with Gasteiger partial charge in [0.25, 0.3) is 5.82 Å². The van der Waals surface area contributed by atoms with Crippen molar-refractivity contribution in [1.82, 2.24) is 9.47 Å². The summed E-state index contributed by atoms with van der Waals surface area (Å²) in [6.07, 6.45) is 8.98. The maximum absolute atomic E-state index is 2.53. The molecule has 1 aliphatic rings. The highest BCUT2D eigenvalue weighted by Crippen LogP contribution is 2.45. The number of hydrogen-bond donors (Lipinski definition) is 0. The van der Waals surface area contributed by atoms with Crippen molar-refractivity contribution in [2.75, 3.05) is 4.90 Å². The Morgan fingerprint density at radius 3 is 2.02 bits per heavy atom. The molecule has 42 heavy (non-hydrogen) atoms. The zero-order valence-electron chi connectivity index (χ0n) is 25.8. The van der Waals surface area contributed by atoms with Gasteiger partial charge in [0.15, 0.2) is 0 Å². The smallest absolute Gasteiger partial charge is 0.294 e. The van der Waals surface area contributed by atoms with Gasteiger partial charge < -0.3 is 9.80 Å². The molecule has 4 nitrogen and oxygen atoms in total. The molecule has 0 saturated carbocycles. The molecule has 1 aromatic heterocycles. The molecule has 4 heteroatoms. The fourth-order valence-corrected chi connectivity index (χ4v) is 7.06. The van der Waals surface area contributed by atoms with E-state index < -0.39 is 5.54 Å². The molecule has 212 valence electrons. The highest BCUT2D eigenvalue weighted by molar-refractivity contribution is 5.66. The predicted octanol–water partition coefficient (Wildman–Crippen LogP) is 8.11. The lowest BCUT2D eigenvalue weighted by atomic mass is 9.77. The molecule has 4 aromatic carbocycles. The van der Waals surface area contributed by atoms with Crippen molar-refractivity contribution < 1.29 is 4.57 Å². The second-order valence-corrected chi connectivity index (χ2v) is 11.8. The minimum atomic E-state index is -0.417. The van der Waals surface area contributed by atoms with E-state index in [1.165, 1.54) is 56.1 Å². The van der Waals surface area contributed by atoms with Crippen LogP contribution in [0.3, 0.4) is 0 Å². The van der Waals surface area contributed by atoms with E-state index in [4.69, 9.17) is 0 Å². The van der Waals surface area contributed by atoms with Gasteiger partial charge >= 0.3 is 0 Å². The van der Waals surface area contributed by atoms with E-state index in [-0.39, 0.29) is 6.17 Å². The lowest BCUT2D eigenvalue weighted by molar-refractivity contribution is -0.659. The third-order valence-corrected chi connectivity index (χ3v) is 9.21. The first-order valence-corrected chi connectivity index (χ1v) is 14.8. The van der Waals surface area contributed by atoms with Crippen LogP contribution in [0, 0.1) is 27.7 Å². The van der Waals surface area contributed by atoms with E-state index in [1.807, 2.05) is 0 Å². The quantitative estimate of drug-likeness (QED) is 0.197. The number of hydrogen-bond acceptors (Lipinski definition) is 2. The van der Waals surface area contributed by atoms with Gasteiger partial charge in [0.1, 0.15) is 24.2 Å². The first kappa shape index (κ1) is 27.6. The van der Waals surface area contributed by atoms with Crippen LogP contribution in [0.15, 0.2) is 116 Å². The van der Waals surface area contributed by atoms with Gasteiger partial charge in [-0.3, -0.25) is 0 Å². The van der Waals surface area contributed by atoms with Crippen molar-refractivity contribution in [1.29, 1.82) is 0 Å². The van der Waals surface area contributed by atoms with E-state index in [0.717, 1.165) is 0 Å². The average Bonchev–Trinajstić information content (AvgIpc) is 3.56. The van der Waals surface area contributed by atoms with Crippen LogP contribution in [0.2, 0.25) is 0 Å². The molecule has 2 atom stereocenters. The summed E-state index contributed by atoms with van der Waals surface area (Å²) < 4.78 is 4.61. The van der Waals surface area contributed by atoms with Crippen LogP contribution in [0.25, 0.3) is 17.1 Å². The Morgan fingerprint density at radius 1 is 0.690 bits per heavy atom. The van der Waals surface area contributed by atoms with E-state index >= 15 is 0 Å². The van der Waals surface area contributed by atoms with E-state index in [0.29, 0.717) is 0 Å². The third-order valence-electron chi connectivity index (χ3n) is 9.21. The van der Waals surface area contributed by atoms with Crippen molar-refractivity contribution in [3.63, 3.8) is 0 Å². The Hall–Kier alpha value is -4.57. The van der Waals surface area contributed by atoms with Gasteiger partial charge in [-0.2, -0.15) is 4.57 Å². The molecule has 0 spiro atoms. The summed E-state index contributed by atoms with van der Waals surface area (Å²) in [6.45, 7) is 13.6. The molecule has 0 N–H and O–H groups in total. The summed E-state index contributed by atoms with van der Waals surface area (Å²) in [5.74, 6) is 1.18. The number of anilines is 1. The van der Waals surface area contributed by atoms with Crippen LogP contribution in [0.4, 0.5) is 5.69 Å². The molecule has 0 aliphatic carbocycles. The number of benzene rings is 4. The van der Waals surface area contributed by atoms with Gasteiger partial charge in [0.2, 0.25) is 0 Å². The average molecular weight is 554 g/mol. The third kappa shape index (κ3) is 4.34. The molecule has 1 unspecified atom stereocenters. The van der Waals surface area contributed by atoms with Gasteiger partial charge in [-0.25, -0.2) is 4.57 Å². The SMILES string of the molecule is Cc1ccccc1C(C)(c1cccc(-c2n(-c3c(C)cccc3C)cc[n+]2C)c1C)N1C=CN(c2ccccc2)[C@@H]1C. The highest BCUT2D eigenvalue weighted by atomic mass is 15.4.